The molecule has 0 saturated carbocycles. The molecule has 8 heteroatoms. The largest absolute Gasteiger partial charge is 0.495 e. The van der Waals surface area contributed by atoms with Crippen molar-refractivity contribution in [3.8, 4) is 5.75 Å². The molecule has 7 nitrogen and oxygen atoms in total. The lowest BCUT2D eigenvalue weighted by atomic mass is 10.2. The number of rotatable bonds is 6. The predicted octanol–water partition coefficient (Wildman–Crippen LogP) is 3.14. The van der Waals surface area contributed by atoms with Gasteiger partial charge >= 0.3 is 0 Å². The minimum absolute atomic E-state index is 0.148. The molecule has 0 atom stereocenters. The second-order valence-corrected chi connectivity index (χ2v) is 5.90. The molecule has 0 aliphatic carbocycles. The van der Waals surface area contributed by atoms with Crippen molar-refractivity contribution in [2.45, 2.75) is 13.3 Å². The van der Waals surface area contributed by atoms with Crippen molar-refractivity contribution in [3.63, 3.8) is 0 Å². The fourth-order valence-corrected chi connectivity index (χ4v) is 2.64. The molecule has 0 fully saturated rings. The van der Waals surface area contributed by atoms with E-state index in [-0.39, 0.29) is 12.3 Å². The molecule has 25 heavy (non-hydrogen) atoms. The Balaban J connectivity index is 1.60. The van der Waals surface area contributed by atoms with Gasteiger partial charge in [0.2, 0.25) is 5.91 Å². The molecule has 1 aromatic carbocycles. The summed E-state index contributed by atoms with van der Waals surface area (Å²) in [6, 6.07) is 7.01. The van der Waals surface area contributed by atoms with Crippen LogP contribution in [-0.2, 0) is 4.79 Å². The molecule has 3 aromatic rings. The molecular formula is C17H18ClN5O2. The molecule has 0 saturated heterocycles. The number of carbonyl (C=O) groups is 1. The maximum Gasteiger partial charge on any atom is 0.226 e. The summed E-state index contributed by atoms with van der Waals surface area (Å²) in [5, 5.41) is 10.8. The SMILES string of the molecule is COc1ccc(Cl)cc1NC(=O)CCNc1nccn2nc(C)cc12. The van der Waals surface area contributed by atoms with E-state index in [0.29, 0.717) is 28.8 Å². The van der Waals surface area contributed by atoms with Crippen LogP contribution in [0.1, 0.15) is 12.1 Å². The molecule has 3 rings (SSSR count). The number of amides is 1. The van der Waals surface area contributed by atoms with Crippen molar-refractivity contribution >= 4 is 34.5 Å². The predicted molar refractivity (Wildman–Crippen MR) is 97.5 cm³/mol. The average molecular weight is 360 g/mol. The number of aryl methyl sites for hydroxylation is 1. The summed E-state index contributed by atoms with van der Waals surface area (Å²) in [5.74, 6) is 1.10. The molecule has 0 spiro atoms. The molecule has 2 aromatic heterocycles. The molecular weight excluding hydrogens is 342 g/mol. The number of aromatic nitrogens is 3. The monoisotopic (exact) mass is 359 g/mol. The second-order valence-electron chi connectivity index (χ2n) is 5.46. The molecule has 0 bridgehead atoms. The normalized spacial score (nSPS) is 10.7. The molecule has 1 amide bonds. The lowest BCUT2D eigenvalue weighted by Gasteiger charge is -2.11. The Labute approximate surface area is 150 Å². The number of methoxy groups -OCH3 is 1. The van der Waals surface area contributed by atoms with Gasteiger partial charge in [0.1, 0.15) is 11.3 Å². The van der Waals surface area contributed by atoms with Crippen molar-refractivity contribution in [3.05, 3.63) is 47.4 Å². The fourth-order valence-electron chi connectivity index (χ4n) is 2.47. The number of hydrogen-bond acceptors (Lipinski definition) is 5. The Morgan fingerprint density at radius 1 is 1.36 bits per heavy atom. The Morgan fingerprint density at radius 3 is 3.00 bits per heavy atom. The first-order valence-corrected chi connectivity index (χ1v) is 8.13. The van der Waals surface area contributed by atoms with Gasteiger partial charge in [-0.05, 0) is 31.2 Å². The van der Waals surface area contributed by atoms with Crippen LogP contribution in [0.4, 0.5) is 11.5 Å². The summed E-state index contributed by atoms with van der Waals surface area (Å²) in [6.07, 6.45) is 3.72. The van der Waals surface area contributed by atoms with Gasteiger partial charge in [-0.15, -0.1) is 0 Å². The van der Waals surface area contributed by atoms with Gasteiger partial charge in [0, 0.05) is 30.4 Å². The number of carbonyl (C=O) groups excluding carboxylic acids is 1. The van der Waals surface area contributed by atoms with Crippen LogP contribution in [-0.4, -0.2) is 34.2 Å². The molecule has 0 aliphatic heterocycles. The number of hydrogen-bond donors (Lipinski definition) is 2. The van der Waals surface area contributed by atoms with Crippen molar-refractivity contribution in [1.29, 1.82) is 0 Å². The third kappa shape index (κ3) is 4.00. The Kier molecular flexibility index (Phi) is 5.04. The number of fused-ring (bicyclic) bond motifs is 1. The van der Waals surface area contributed by atoms with E-state index in [4.69, 9.17) is 16.3 Å². The van der Waals surface area contributed by atoms with Crippen LogP contribution in [0.25, 0.3) is 5.52 Å². The van der Waals surface area contributed by atoms with Gasteiger partial charge in [-0.2, -0.15) is 5.10 Å². The van der Waals surface area contributed by atoms with Gasteiger partial charge in [0.05, 0.1) is 18.5 Å². The molecule has 0 radical (unpaired) electrons. The Bertz CT molecular complexity index is 909. The van der Waals surface area contributed by atoms with Crippen LogP contribution in [0.3, 0.4) is 0 Å². The van der Waals surface area contributed by atoms with E-state index < -0.39 is 0 Å². The standard InChI is InChI=1S/C17H18ClN5O2/c1-11-9-14-17(20-7-8-23(14)22-11)19-6-5-16(24)21-13-10-12(18)3-4-15(13)25-2/h3-4,7-10H,5-6H2,1-2H3,(H,19,20)(H,21,24). The first kappa shape index (κ1) is 17.0. The lowest BCUT2D eigenvalue weighted by Crippen LogP contribution is -2.17. The zero-order valence-corrected chi connectivity index (χ0v) is 14.7. The fraction of sp³-hybridized carbons (Fsp3) is 0.235. The van der Waals surface area contributed by atoms with Gasteiger partial charge in [0.25, 0.3) is 0 Å². The van der Waals surface area contributed by atoms with Gasteiger partial charge in [0.15, 0.2) is 5.82 Å². The Hall–Kier alpha value is -2.80. The molecule has 0 aliphatic rings. The number of anilines is 2. The Morgan fingerprint density at radius 2 is 2.20 bits per heavy atom. The van der Waals surface area contributed by atoms with Crippen molar-refractivity contribution in [2.24, 2.45) is 0 Å². The highest BCUT2D eigenvalue weighted by Gasteiger charge is 2.09. The van der Waals surface area contributed by atoms with E-state index in [1.165, 1.54) is 0 Å². The maximum atomic E-state index is 12.2. The van der Waals surface area contributed by atoms with Crippen LogP contribution in [0.15, 0.2) is 36.7 Å². The topological polar surface area (TPSA) is 80.5 Å². The van der Waals surface area contributed by atoms with Crippen LogP contribution in [0, 0.1) is 6.92 Å². The summed E-state index contributed by atoms with van der Waals surface area (Å²) < 4.78 is 6.97. The zero-order valence-electron chi connectivity index (χ0n) is 13.9. The number of ether oxygens (including phenoxy) is 1. The van der Waals surface area contributed by atoms with E-state index >= 15 is 0 Å². The smallest absolute Gasteiger partial charge is 0.226 e. The van der Waals surface area contributed by atoms with Crippen LogP contribution < -0.4 is 15.4 Å². The summed E-state index contributed by atoms with van der Waals surface area (Å²) in [7, 11) is 1.54. The number of nitrogens with zero attached hydrogens (tertiary/aromatic N) is 3. The maximum absolute atomic E-state index is 12.2. The third-order valence-corrected chi connectivity index (χ3v) is 3.83. The summed E-state index contributed by atoms with van der Waals surface area (Å²) in [5.41, 5.74) is 2.32. The first-order chi connectivity index (χ1) is 12.1. The van der Waals surface area contributed by atoms with Crippen LogP contribution in [0.5, 0.6) is 5.75 Å². The van der Waals surface area contributed by atoms with Gasteiger partial charge in [-0.1, -0.05) is 11.6 Å². The molecule has 130 valence electrons. The van der Waals surface area contributed by atoms with Crippen LogP contribution in [0.2, 0.25) is 5.02 Å². The number of nitrogens with one attached hydrogen (secondary N) is 2. The quantitative estimate of drug-likeness (QED) is 0.706. The minimum atomic E-state index is -0.148. The van der Waals surface area contributed by atoms with E-state index in [0.717, 1.165) is 11.2 Å². The van der Waals surface area contributed by atoms with Crippen molar-refractivity contribution < 1.29 is 9.53 Å². The summed E-state index contributed by atoms with van der Waals surface area (Å²) >= 11 is 5.96. The van der Waals surface area contributed by atoms with E-state index in [9.17, 15) is 4.79 Å². The van der Waals surface area contributed by atoms with E-state index in [1.807, 2.05) is 13.0 Å². The minimum Gasteiger partial charge on any atom is -0.495 e. The summed E-state index contributed by atoms with van der Waals surface area (Å²) in [4.78, 5) is 16.5. The lowest BCUT2D eigenvalue weighted by molar-refractivity contribution is -0.116. The van der Waals surface area contributed by atoms with Crippen molar-refractivity contribution in [1.82, 2.24) is 14.6 Å². The number of benzene rings is 1. The van der Waals surface area contributed by atoms with Gasteiger partial charge in [-0.25, -0.2) is 9.50 Å². The number of halogens is 1. The molecule has 0 unspecified atom stereocenters. The summed E-state index contributed by atoms with van der Waals surface area (Å²) in [6.45, 7) is 2.36. The van der Waals surface area contributed by atoms with Crippen molar-refractivity contribution in [2.75, 3.05) is 24.3 Å². The zero-order chi connectivity index (χ0) is 17.8. The highest BCUT2D eigenvalue weighted by atomic mass is 35.5. The third-order valence-electron chi connectivity index (χ3n) is 3.59. The van der Waals surface area contributed by atoms with Crippen LogP contribution >= 0.6 is 11.6 Å². The average Bonchev–Trinajstić information content (AvgIpc) is 2.96. The van der Waals surface area contributed by atoms with E-state index in [2.05, 4.69) is 20.7 Å². The highest BCUT2D eigenvalue weighted by Crippen LogP contribution is 2.27. The molecule has 2 N–H and O–H groups in total. The van der Waals surface area contributed by atoms with E-state index in [1.54, 1.807) is 42.2 Å². The van der Waals surface area contributed by atoms with Gasteiger partial charge < -0.3 is 15.4 Å². The molecule has 2 heterocycles. The second kappa shape index (κ2) is 7.40. The first-order valence-electron chi connectivity index (χ1n) is 7.75. The van der Waals surface area contributed by atoms with Gasteiger partial charge in [-0.3, -0.25) is 4.79 Å². The highest BCUT2D eigenvalue weighted by molar-refractivity contribution is 6.31.